The van der Waals surface area contributed by atoms with Crippen LogP contribution in [-0.2, 0) is 14.3 Å². The Kier molecular flexibility index (Phi) is 3.13. The van der Waals surface area contributed by atoms with Gasteiger partial charge in [0.2, 0.25) is 0 Å². The molecule has 0 saturated heterocycles. The number of carbonyl (C=O) groups excluding carboxylic acids is 1. The lowest BCUT2D eigenvalue weighted by molar-refractivity contribution is -0.612. The molecule has 3 heterocycles. The number of rotatable bonds is 2. The van der Waals surface area contributed by atoms with Crippen molar-refractivity contribution in [2.24, 2.45) is 0 Å². The summed E-state index contributed by atoms with van der Waals surface area (Å²) in [4.78, 5) is 23.7. The number of ether oxygens (including phenoxy) is 1. The van der Waals surface area contributed by atoms with E-state index in [0.29, 0.717) is 27.4 Å². The average Bonchev–Trinajstić information content (AvgIpc) is 2.81. The highest BCUT2D eigenvalue weighted by Crippen LogP contribution is 2.41. The smallest absolute Gasteiger partial charge is 0.337 e. The number of carboxylic acids is 1. The number of carboxylic acid groups (broad SMARTS) is 1. The molecule has 22 heavy (non-hydrogen) atoms. The topological polar surface area (TPSA) is 103 Å². The first-order valence-electron chi connectivity index (χ1n) is 6.71. The SMILES string of the molecule is CC1=C(C(=O)O)C(c2ccc[n+]([O-])c2C)C2=C(COC2=O)N1. The van der Waals surface area contributed by atoms with Crippen LogP contribution in [0.4, 0.5) is 0 Å². The van der Waals surface area contributed by atoms with E-state index >= 15 is 0 Å². The largest absolute Gasteiger partial charge is 0.619 e. The number of cyclic esters (lactones) is 1. The molecular weight excluding hydrogens is 288 g/mol. The van der Waals surface area contributed by atoms with Gasteiger partial charge in [-0.2, -0.15) is 4.73 Å². The molecule has 0 spiro atoms. The second-order valence-corrected chi connectivity index (χ2v) is 5.24. The summed E-state index contributed by atoms with van der Waals surface area (Å²) in [6, 6.07) is 3.19. The first-order chi connectivity index (χ1) is 10.4. The number of aromatic nitrogens is 1. The molecule has 0 aromatic carbocycles. The Balaban J connectivity index is 2.26. The lowest BCUT2D eigenvalue weighted by Crippen LogP contribution is -2.34. The highest BCUT2D eigenvalue weighted by atomic mass is 16.5. The number of dihydropyridines is 1. The van der Waals surface area contributed by atoms with Gasteiger partial charge in [-0.05, 0) is 13.0 Å². The Morgan fingerprint density at radius 1 is 1.50 bits per heavy atom. The second-order valence-electron chi connectivity index (χ2n) is 5.24. The van der Waals surface area contributed by atoms with Crippen LogP contribution >= 0.6 is 0 Å². The van der Waals surface area contributed by atoms with E-state index in [1.165, 1.54) is 12.3 Å². The fourth-order valence-corrected chi connectivity index (χ4v) is 2.95. The van der Waals surface area contributed by atoms with Crippen LogP contribution in [0.2, 0.25) is 0 Å². The molecule has 1 atom stereocenters. The summed E-state index contributed by atoms with van der Waals surface area (Å²) in [5.41, 5.74) is 2.15. The maximum atomic E-state index is 12.0. The molecule has 1 unspecified atom stereocenters. The number of hydrogen-bond acceptors (Lipinski definition) is 5. The van der Waals surface area contributed by atoms with Crippen molar-refractivity contribution in [3.05, 3.63) is 57.3 Å². The highest BCUT2D eigenvalue weighted by Gasteiger charge is 2.42. The summed E-state index contributed by atoms with van der Waals surface area (Å²) in [6.07, 6.45) is 1.33. The third-order valence-electron chi connectivity index (χ3n) is 4.00. The number of esters is 1. The van der Waals surface area contributed by atoms with E-state index in [2.05, 4.69) is 5.32 Å². The van der Waals surface area contributed by atoms with Crippen molar-refractivity contribution < 1.29 is 24.2 Å². The molecule has 3 rings (SSSR count). The molecule has 0 aliphatic carbocycles. The zero-order chi connectivity index (χ0) is 16.0. The number of aliphatic carboxylic acids is 1. The van der Waals surface area contributed by atoms with E-state index < -0.39 is 17.9 Å². The van der Waals surface area contributed by atoms with Crippen LogP contribution in [0.5, 0.6) is 0 Å². The van der Waals surface area contributed by atoms with Gasteiger partial charge in [0, 0.05) is 24.3 Å². The van der Waals surface area contributed by atoms with Crippen LogP contribution < -0.4 is 10.0 Å². The van der Waals surface area contributed by atoms with Crippen molar-refractivity contribution in [3.8, 4) is 0 Å². The number of pyridine rings is 1. The fraction of sp³-hybridized carbons (Fsp3) is 0.267. The van der Waals surface area contributed by atoms with E-state index in [4.69, 9.17) is 4.74 Å². The molecule has 1 aromatic heterocycles. The van der Waals surface area contributed by atoms with Gasteiger partial charge in [0.15, 0.2) is 11.9 Å². The van der Waals surface area contributed by atoms with Crippen molar-refractivity contribution in [2.45, 2.75) is 19.8 Å². The Morgan fingerprint density at radius 2 is 2.23 bits per heavy atom. The van der Waals surface area contributed by atoms with Gasteiger partial charge in [0.1, 0.15) is 6.61 Å². The summed E-state index contributed by atoms with van der Waals surface area (Å²) in [6.45, 7) is 3.31. The number of hydrogen-bond donors (Lipinski definition) is 2. The molecule has 0 fully saturated rings. The van der Waals surface area contributed by atoms with Crippen molar-refractivity contribution >= 4 is 11.9 Å². The molecule has 2 aliphatic heterocycles. The molecule has 1 aromatic rings. The minimum atomic E-state index is -1.14. The second kappa shape index (κ2) is 4.87. The van der Waals surface area contributed by atoms with Gasteiger partial charge in [-0.1, -0.05) is 0 Å². The monoisotopic (exact) mass is 302 g/mol. The molecule has 7 heteroatoms. The standard InChI is InChI=1S/C15H14N2O5/c1-7-11(14(18)19)12(9-4-3-5-17(21)8(9)2)13-10(16-7)6-22-15(13)20/h3-5,12,16H,6H2,1-2H3,(H,18,19). The molecule has 2 aliphatic rings. The quantitative estimate of drug-likeness (QED) is 0.468. The minimum absolute atomic E-state index is 0.0481. The third kappa shape index (κ3) is 1.93. The lowest BCUT2D eigenvalue weighted by Gasteiger charge is -2.26. The van der Waals surface area contributed by atoms with Crippen LogP contribution in [0, 0.1) is 12.1 Å². The molecular formula is C15H14N2O5. The van der Waals surface area contributed by atoms with Crippen LogP contribution in [0.3, 0.4) is 0 Å². The molecule has 0 radical (unpaired) electrons. The summed E-state index contributed by atoms with van der Waals surface area (Å²) in [7, 11) is 0. The predicted octanol–water partition coefficient (Wildman–Crippen LogP) is 0.485. The zero-order valence-corrected chi connectivity index (χ0v) is 12.0. The average molecular weight is 302 g/mol. The predicted molar refractivity (Wildman–Crippen MR) is 74.3 cm³/mol. The lowest BCUT2D eigenvalue weighted by atomic mass is 9.80. The van der Waals surface area contributed by atoms with E-state index in [1.807, 2.05) is 0 Å². The van der Waals surface area contributed by atoms with E-state index in [9.17, 15) is 19.9 Å². The van der Waals surface area contributed by atoms with Crippen LogP contribution in [0.15, 0.2) is 40.9 Å². The Labute approximate surface area is 126 Å². The van der Waals surface area contributed by atoms with Crippen molar-refractivity contribution in [1.82, 2.24) is 5.32 Å². The van der Waals surface area contributed by atoms with Gasteiger partial charge in [0.25, 0.3) is 0 Å². The molecule has 2 N–H and O–H groups in total. The van der Waals surface area contributed by atoms with Crippen LogP contribution in [-0.4, -0.2) is 23.7 Å². The summed E-state index contributed by atoms with van der Waals surface area (Å²) in [5, 5.41) is 24.3. The van der Waals surface area contributed by atoms with Crippen LogP contribution in [0.1, 0.15) is 24.1 Å². The Bertz CT molecular complexity index is 761. The van der Waals surface area contributed by atoms with Crippen molar-refractivity contribution in [2.75, 3.05) is 6.61 Å². The van der Waals surface area contributed by atoms with Gasteiger partial charge < -0.3 is 20.4 Å². The minimum Gasteiger partial charge on any atom is -0.619 e. The summed E-state index contributed by atoms with van der Waals surface area (Å²) >= 11 is 0. The Hall–Kier alpha value is -2.83. The van der Waals surface area contributed by atoms with Crippen molar-refractivity contribution in [3.63, 3.8) is 0 Å². The number of nitrogens with one attached hydrogen (secondary N) is 1. The highest BCUT2D eigenvalue weighted by molar-refractivity contribution is 6.00. The Morgan fingerprint density at radius 3 is 2.91 bits per heavy atom. The maximum absolute atomic E-state index is 12.0. The molecule has 0 amide bonds. The van der Waals surface area contributed by atoms with Gasteiger partial charge in [0.05, 0.1) is 22.8 Å². The van der Waals surface area contributed by atoms with E-state index in [0.717, 1.165) is 0 Å². The van der Waals surface area contributed by atoms with Gasteiger partial charge in [-0.3, -0.25) is 0 Å². The first kappa shape index (κ1) is 14.1. The van der Waals surface area contributed by atoms with E-state index in [1.54, 1.807) is 19.9 Å². The maximum Gasteiger partial charge on any atom is 0.337 e. The van der Waals surface area contributed by atoms with Gasteiger partial charge in [-0.25, -0.2) is 9.59 Å². The summed E-state index contributed by atoms with van der Waals surface area (Å²) in [5.74, 6) is -2.51. The first-order valence-corrected chi connectivity index (χ1v) is 6.71. The third-order valence-corrected chi connectivity index (χ3v) is 4.00. The number of allylic oxidation sites excluding steroid dienone is 1. The van der Waals surface area contributed by atoms with Crippen molar-refractivity contribution in [1.29, 1.82) is 0 Å². The molecule has 7 nitrogen and oxygen atoms in total. The fourth-order valence-electron chi connectivity index (χ4n) is 2.95. The van der Waals surface area contributed by atoms with E-state index in [-0.39, 0.29) is 17.8 Å². The zero-order valence-electron chi connectivity index (χ0n) is 12.0. The molecule has 114 valence electrons. The number of carbonyl (C=O) groups is 2. The summed E-state index contributed by atoms with van der Waals surface area (Å²) < 4.78 is 5.68. The number of nitrogens with zero attached hydrogens (tertiary/aromatic N) is 1. The van der Waals surface area contributed by atoms with Crippen LogP contribution in [0.25, 0.3) is 0 Å². The normalized spacial score (nSPS) is 20.6. The van der Waals surface area contributed by atoms with Gasteiger partial charge in [-0.15, -0.1) is 0 Å². The van der Waals surface area contributed by atoms with Gasteiger partial charge >= 0.3 is 11.9 Å². The molecule has 0 saturated carbocycles. The molecule has 0 bridgehead atoms.